The van der Waals surface area contributed by atoms with E-state index in [0.717, 1.165) is 45.3 Å². The second-order valence-electron chi connectivity index (χ2n) is 6.13. The Hall–Kier alpha value is -1.10. The SMILES string of the molecule is CCCN(CCC)C(=O)CN1CCCC(CC)(C(=O)O)C1. The lowest BCUT2D eigenvalue weighted by atomic mass is 9.77. The number of carbonyl (C=O) groups excluding carboxylic acids is 1. The summed E-state index contributed by atoms with van der Waals surface area (Å²) in [5, 5.41) is 9.50. The van der Waals surface area contributed by atoms with Crippen LogP contribution in [-0.4, -0.2) is 59.5 Å². The van der Waals surface area contributed by atoms with Gasteiger partial charge in [-0.15, -0.1) is 0 Å². The molecule has 0 saturated carbocycles. The molecule has 1 amide bonds. The van der Waals surface area contributed by atoms with E-state index in [9.17, 15) is 14.7 Å². The molecule has 5 heteroatoms. The van der Waals surface area contributed by atoms with Crippen molar-refractivity contribution in [3.63, 3.8) is 0 Å². The van der Waals surface area contributed by atoms with Crippen molar-refractivity contribution in [1.82, 2.24) is 9.80 Å². The monoisotopic (exact) mass is 298 g/mol. The van der Waals surface area contributed by atoms with Crippen molar-refractivity contribution in [2.75, 3.05) is 32.7 Å². The zero-order valence-corrected chi connectivity index (χ0v) is 13.7. The maximum Gasteiger partial charge on any atom is 0.310 e. The summed E-state index contributed by atoms with van der Waals surface area (Å²) in [6, 6.07) is 0. The predicted octanol–water partition coefficient (Wildman–Crippen LogP) is 2.21. The Bertz CT molecular complexity index is 353. The fourth-order valence-corrected chi connectivity index (χ4v) is 3.17. The van der Waals surface area contributed by atoms with Crippen LogP contribution in [0, 0.1) is 5.41 Å². The highest BCUT2D eigenvalue weighted by Gasteiger charge is 2.41. The number of likely N-dealkylation sites (tertiary alicyclic amines) is 1. The molecule has 1 fully saturated rings. The number of hydrogen-bond acceptors (Lipinski definition) is 3. The normalized spacial score (nSPS) is 23.0. The molecule has 0 spiro atoms. The highest BCUT2D eigenvalue weighted by Crippen LogP contribution is 2.33. The van der Waals surface area contributed by atoms with Crippen LogP contribution in [0.1, 0.15) is 52.9 Å². The van der Waals surface area contributed by atoms with Crippen molar-refractivity contribution < 1.29 is 14.7 Å². The van der Waals surface area contributed by atoms with Crippen LogP contribution in [0.5, 0.6) is 0 Å². The van der Waals surface area contributed by atoms with Gasteiger partial charge in [0.25, 0.3) is 0 Å². The fraction of sp³-hybridized carbons (Fsp3) is 0.875. The van der Waals surface area contributed by atoms with Crippen LogP contribution in [-0.2, 0) is 9.59 Å². The minimum atomic E-state index is -0.721. The topological polar surface area (TPSA) is 60.9 Å². The molecule has 1 rings (SSSR count). The Morgan fingerprint density at radius 1 is 1.19 bits per heavy atom. The van der Waals surface area contributed by atoms with E-state index in [-0.39, 0.29) is 5.91 Å². The van der Waals surface area contributed by atoms with Crippen molar-refractivity contribution in [1.29, 1.82) is 0 Å². The second-order valence-corrected chi connectivity index (χ2v) is 6.13. The van der Waals surface area contributed by atoms with E-state index in [1.807, 2.05) is 16.7 Å². The molecule has 1 aliphatic heterocycles. The lowest BCUT2D eigenvalue weighted by Gasteiger charge is -2.39. The zero-order chi connectivity index (χ0) is 15.9. The summed E-state index contributed by atoms with van der Waals surface area (Å²) in [6.45, 7) is 9.34. The summed E-state index contributed by atoms with van der Waals surface area (Å²) >= 11 is 0. The van der Waals surface area contributed by atoms with Gasteiger partial charge in [-0.3, -0.25) is 14.5 Å². The summed E-state index contributed by atoms with van der Waals surface area (Å²) in [6.07, 6.45) is 4.12. The van der Waals surface area contributed by atoms with Gasteiger partial charge in [-0.05, 0) is 38.6 Å². The molecule has 0 aromatic carbocycles. The molecule has 0 radical (unpaired) electrons. The highest BCUT2D eigenvalue weighted by atomic mass is 16.4. The van der Waals surface area contributed by atoms with Gasteiger partial charge in [-0.2, -0.15) is 0 Å². The molecule has 1 atom stereocenters. The number of carbonyl (C=O) groups is 2. The molecule has 0 aliphatic carbocycles. The van der Waals surface area contributed by atoms with Gasteiger partial charge in [-0.25, -0.2) is 0 Å². The third kappa shape index (κ3) is 4.70. The van der Waals surface area contributed by atoms with Crippen LogP contribution < -0.4 is 0 Å². The summed E-state index contributed by atoms with van der Waals surface area (Å²) in [7, 11) is 0. The maximum absolute atomic E-state index is 12.4. The van der Waals surface area contributed by atoms with Gasteiger partial charge in [0.1, 0.15) is 0 Å². The third-order valence-corrected chi connectivity index (χ3v) is 4.49. The molecule has 122 valence electrons. The minimum absolute atomic E-state index is 0.135. The molecule has 1 saturated heterocycles. The van der Waals surface area contributed by atoms with Crippen molar-refractivity contribution in [2.45, 2.75) is 52.9 Å². The number of nitrogens with zero attached hydrogens (tertiary/aromatic N) is 2. The molecule has 21 heavy (non-hydrogen) atoms. The van der Waals surface area contributed by atoms with Crippen LogP contribution >= 0.6 is 0 Å². The molecule has 5 nitrogen and oxygen atoms in total. The molecule has 1 aliphatic rings. The van der Waals surface area contributed by atoms with Crippen LogP contribution in [0.25, 0.3) is 0 Å². The molecular weight excluding hydrogens is 268 g/mol. The molecule has 1 unspecified atom stereocenters. The van der Waals surface area contributed by atoms with Crippen LogP contribution in [0.3, 0.4) is 0 Å². The number of amides is 1. The van der Waals surface area contributed by atoms with E-state index in [1.54, 1.807) is 0 Å². The van der Waals surface area contributed by atoms with Crippen molar-refractivity contribution >= 4 is 11.9 Å². The standard InChI is InChI=1S/C16H30N2O3/c1-4-9-18(10-5-2)14(19)12-17-11-7-8-16(6-3,13-17)15(20)21/h4-13H2,1-3H3,(H,20,21). The smallest absolute Gasteiger partial charge is 0.310 e. The third-order valence-electron chi connectivity index (χ3n) is 4.49. The average Bonchev–Trinajstić information content (AvgIpc) is 2.46. The quantitative estimate of drug-likeness (QED) is 0.746. The second kappa shape index (κ2) is 8.37. The number of rotatable bonds is 8. The van der Waals surface area contributed by atoms with E-state index in [4.69, 9.17) is 0 Å². The first-order chi connectivity index (χ1) is 9.99. The van der Waals surface area contributed by atoms with E-state index >= 15 is 0 Å². The molecule has 1 N–H and O–H groups in total. The largest absolute Gasteiger partial charge is 0.481 e. The molecule has 0 bridgehead atoms. The molecule has 1 heterocycles. The Balaban J connectivity index is 2.64. The molecular formula is C16H30N2O3. The Kier molecular flexibility index (Phi) is 7.15. The van der Waals surface area contributed by atoms with Crippen molar-refractivity contribution in [3.8, 4) is 0 Å². The van der Waals surface area contributed by atoms with Gasteiger partial charge in [0.05, 0.1) is 12.0 Å². The zero-order valence-electron chi connectivity index (χ0n) is 13.7. The summed E-state index contributed by atoms with van der Waals surface area (Å²) in [4.78, 5) is 27.9. The van der Waals surface area contributed by atoms with Gasteiger partial charge in [-0.1, -0.05) is 20.8 Å². The predicted molar refractivity (Wildman–Crippen MR) is 83.2 cm³/mol. The average molecular weight is 298 g/mol. The minimum Gasteiger partial charge on any atom is -0.481 e. The Morgan fingerprint density at radius 2 is 1.81 bits per heavy atom. The van der Waals surface area contributed by atoms with Crippen molar-refractivity contribution in [2.24, 2.45) is 5.41 Å². The summed E-state index contributed by atoms with van der Waals surface area (Å²) in [5.74, 6) is -0.586. The van der Waals surface area contributed by atoms with E-state index in [2.05, 4.69) is 13.8 Å². The van der Waals surface area contributed by atoms with E-state index < -0.39 is 11.4 Å². The lowest BCUT2D eigenvalue weighted by molar-refractivity contribution is -0.154. The van der Waals surface area contributed by atoms with E-state index in [0.29, 0.717) is 19.5 Å². The van der Waals surface area contributed by atoms with Gasteiger partial charge >= 0.3 is 5.97 Å². The number of aliphatic carboxylic acids is 1. The van der Waals surface area contributed by atoms with Gasteiger partial charge in [0.2, 0.25) is 5.91 Å². The van der Waals surface area contributed by atoms with Gasteiger partial charge in [0, 0.05) is 19.6 Å². The number of hydrogen-bond donors (Lipinski definition) is 1. The first-order valence-corrected chi connectivity index (χ1v) is 8.22. The number of carboxylic acid groups (broad SMARTS) is 1. The van der Waals surface area contributed by atoms with E-state index in [1.165, 1.54) is 0 Å². The highest BCUT2D eigenvalue weighted by molar-refractivity contribution is 5.79. The molecule has 0 aromatic rings. The Morgan fingerprint density at radius 3 is 2.29 bits per heavy atom. The number of piperidine rings is 1. The van der Waals surface area contributed by atoms with Crippen LogP contribution in [0.15, 0.2) is 0 Å². The fourth-order valence-electron chi connectivity index (χ4n) is 3.17. The van der Waals surface area contributed by atoms with Gasteiger partial charge < -0.3 is 10.0 Å². The first kappa shape index (κ1) is 18.0. The van der Waals surface area contributed by atoms with Crippen LogP contribution in [0.2, 0.25) is 0 Å². The van der Waals surface area contributed by atoms with Crippen LogP contribution in [0.4, 0.5) is 0 Å². The summed E-state index contributed by atoms with van der Waals surface area (Å²) in [5.41, 5.74) is -0.668. The molecule has 0 aromatic heterocycles. The number of carboxylic acids is 1. The van der Waals surface area contributed by atoms with Gasteiger partial charge in [0.15, 0.2) is 0 Å². The lowest BCUT2D eigenvalue weighted by Crippen LogP contribution is -2.51. The van der Waals surface area contributed by atoms with Crippen molar-refractivity contribution in [3.05, 3.63) is 0 Å². The summed E-state index contributed by atoms with van der Waals surface area (Å²) < 4.78 is 0. The maximum atomic E-state index is 12.4. The first-order valence-electron chi connectivity index (χ1n) is 8.22. The Labute approximate surface area is 128 Å².